The summed E-state index contributed by atoms with van der Waals surface area (Å²) in [7, 11) is 2.13. The zero-order valence-corrected chi connectivity index (χ0v) is 11.4. The van der Waals surface area contributed by atoms with Gasteiger partial charge in [-0.15, -0.1) is 0 Å². The van der Waals surface area contributed by atoms with Gasteiger partial charge in [0.05, 0.1) is 12.8 Å². The molecule has 0 bridgehead atoms. The summed E-state index contributed by atoms with van der Waals surface area (Å²) in [5.74, 6) is 1.01. The van der Waals surface area contributed by atoms with Gasteiger partial charge in [-0.25, -0.2) is 0 Å². The Labute approximate surface area is 109 Å². The molecule has 0 radical (unpaired) electrons. The lowest BCUT2D eigenvalue weighted by molar-refractivity contribution is 0.232. The first-order valence-electron chi connectivity index (χ1n) is 6.52. The van der Waals surface area contributed by atoms with Crippen molar-refractivity contribution in [3.8, 4) is 0 Å². The molecule has 0 saturated heterocycles. The van der Waals surface area contributed by atoms with Gasteiger partial charge in [0, 0.05) is 6.04 Å². The second kappa shape index (κ2) is 5.87. The Morgan fingerprint density at radius 2 is 1.89 bits per heavy atom. The van der Waals surface area contributed by atoms with E-state index in [1.807, 2.05) is 12.1 Å². The first-order valence-corrected chi connectivity index (χ1v) is 6.52. The molecule has 2 heteroatoms. The molecule has 18 heavy (non-hydrogen) atoms. The second-order valence-electron chi connectivity index (χ2n) is 4.77. The van der Waals surface area contributed by atoms with Crippen molar-refractivity contribution in [2.24, 2.45) is 0 Å². The second-order valence-corrected chi connectivity index (χ2v) is 4.77. The van der Waals surface area contributed by atoms with Gasteiger partial charge < -0.3 is 4.42 Å². The summed E-state index contributed by atoms with van der Waals surface area (Å²) in [5, 5.41) is 0. The molecule has 1 aromatic heterocycles. The third kappa shape index (κ3) is 3.02. The highest BCUT2D eigenvalue weighted by molar-refractivity contribution is 5.24. The van der Waals surface area contributed by atoms with Gasteiger partial charge in [-0.1, -0.05) is 31.2 Å². The van der Waals surface area contributed by atoms with Gasteiger partial charge in [0.15, 0.2) is 0 Å². The zero-order chi connectivity index (χ0) is 13.0. The number of hydrogen-bond acceptors (Lipinski definition) is 2. The topological polar surface area (TPSA) is 16.4 Å². The third-order valence-corrected chi connectivity index (χ3v) is 3.52. The molecule has 0 N–H and O–H groups in total. The van der Waals surface area contributed by atoms with Crippen LogP contribution in [0.15, 0.2) is 47.1 Å². The van der Waals surface area contributed by atoms with Crippen LogP contribution in [0.5, 0.6) is 0 Å². The van der Waals surface area contributed by atoms with Crippen LogP contribution in [0.25, 0.3) is 0 Å². The van der Waals surface area contributed by atoms with E-state index in [0.29, 0.717) is 6.04 Å². The maximum absolute atomic E-state index is 5.39. The predicted octanol–water partition coefficient (Wildman–Crippen LogP) is 4.04. The van der Waals surface area contributed by atoms with Crippen molar-refractivity contribution in [3.63, 3.8) is 0 Å². The molecule has 2 rings (SSSR count). The van der Waals surface area contributed by atoms with Gasteiger partial charge in [-0.3, -0.25) is 4.90 Å². The minimum absolute atomic E-state index is 0.390. The molecule has 0 aliphatic rings. The van der Waals surface area contributed by atoms with Crippen molar-refractivity contribution in [2.75, 3.05) is 7.05 Å². The van der Waals surface area contributed by atoms with Gasteiger partial charge in [0.25, 0.3) is 0 Å². The highest BCUT2D eigenvalue weighted by Gasteiger charge is 2.12. The van der Waals surface area contributed by atoms with Crippen LogP contribution in [0.3, 0.4) is 0 Å². The number of rotatable bonds is 5. The Bertz CT molecular complexity index is 458. The van der Waals surface area contributed by atoms with Crippen LogP contribution in [0.2, 0.25) is 0 Å². The summed E-state index contributed by atoms with van der Waals surface area (Å²) in [6.07, 6.45) is 2.82. The van der Waals surface area contributed by atoms with Crippen LogP contribution in [0.4, 0.5) is 0 Å². The van der Waals surface area contributed by atoms with Gasteiger partial charge in [0.1, 0.15) is 5.76 Å². The predicted molar refractivity (Wildman–Crippen MR) is 74.4 cm³/mol. The van der Waals surface area contributed by atoms with Crippen molar-refractivity contribution in [2.45, 2.75) is 32.9 Å². The number of aryl methyl sites for hydroxylation is 1. The lowest BCUT2D eigenvalue weighted by atomic mass is 10.0. The highest BCUT2D eigenvalue weighted by Crippen LogP contribution is 2.21. The van der Waals surface area contributed by atoms with E-state index in [0.717, 1.165) is 18.7 Å². The first kappa shape index (κ1) is 12.9. The van der Waals surface area contributed by atoms with E-state index in [1.54, 1.807) is 6.26 Å². The Hall–Kier alpha value is -1.54. The number of nitrogens with zero attached hydrogens (tertiary/aromatic N) is 1. The monoisotopic (exact) mass is 243 g/mol. The molecular weight excluding hydrogens is 222 g/mol. The maximum Gasteiger partial charge on any atom is 0.117 e. The van der Waals surface area contributed by atoms with Crippen molar-refractivity contribution in [3.05, 3.63) is 59.5 Å². The van der Waals surface area contributed by atoms with Crippen LogP contribution in [-0.4, -0.2) is 11.9 Å². The first-order chi connectivity index (χ1) is 8.70. The molecule has 96 valence electrons. The van der Waals surface area contributed by atoms with E-state index in [9.17, 15) is 0 Å². The highest BCUT2D eigenvalue weighted by atomic mass is 16.3. The average Bonchev–Trinajstić information content (AvgIpc) is 2.91. The summed E-state index contributed by atoms with van der Waals surface area (Å²) in [6, 6.07) is 13.2. The van der Waals surface area contributed by atoms with E-state index in [2.05, 4.69) is 50.1 Å². The average molecular weight is 243 g/mol. The fourth-order valence-corrected chi connectivity index (χ4v) is 2.07. The molecule has 1 unspecified atom stereocenters. The van der Waals surface area contributed by atoms with Crippen LogP contribution < -0.4 is 0 Å². The lowest BCUT2D eigenvalue weighted by Gasteiger charge is -2.24. The Morgan fingerprint density at radius 3 is 2.44 bits per heavy atom. The fourth-order valence-electron chi connectivity index (χ4n) is 2.07. The molecule has 1 aromatic carbocycles. The van der Waals surface area contributed by atoms with E-state index >= 15 is 0 Å². The van der Waals surface area contributed by atoms with Gasteiger partial charge in [-0.05, 0) is 43.7 Å². The van der Waals surface area contributed by atoms with Crippen molar-refractivity contribution < 1.29 is 4.42 Å². The summed E-state index contributed by atoms with van der Waals surface area (Å²) in [4.78, 5) is 2.29. The van der Waals surface area contributed by atoms with Gasteiger partial charge >= 0.3 is 0 Å². The van der Waals surface area contributed by atoms with Crippen LogP contribution in [0.1, 0.15) is 36.8 Å². The number of furan rings is 1. The summed E-state index contributed by atoms with van der Waals surface area (Å²) >= 11 is 0. The smallest absolute Gasteiger partial charge is 0.117 e. The van der Waals surface area contributed by atoms with Crippen molar-refractivity contribution in [1.82, 2.24) is 4.90 Å². The molecule has 0 spiro atoms. The van der Waals surface area contributed by atoms with Crippen LogP contribution in [0, 0.1) is 0 Å². The molecule has 2 aromatic rings. The number of benzene rings is 1. The number of hydrogen-bond donors (Lipinski definition) is 0. The molecule has 1 heterocycles. The molecule has 0 fully saturated rings. The molecule has 1 atom stereocenters. The van der Waals surface area contributed by atoms with Crippen molar-refractivity contribution >= 4 is 0 Å². The lowest BCUT2D eigenvalue weighted by Crippen LogP contribution is -2.21. The standard InChI is InChI=1S/C16H21NO/c1-4-14-7-9-15(10-8-14)13(2)17(3)12-16-6-5-11-18-16/h5-11,13H,4,12H2,1-3H3. The zero-order valence-electron chi connectivity index (χ0n) is 11.4. The maximum atomic E-state index is 5.39. The third-order valence-electron chi connectivity index (χ3n) is 3.52. The molecule has 2 nitrogen and oxygen atoms in total. The van der Waals surface area contributed by atoms with Gasteiger partial charge in [0.2, 0.25) is 0 Å². The van der Waals surface area contributed by atoms with Crippen LogP contribution >= 0.6 is 0 Å². The van der Waals surface area contributed by atoms with E-state index in [4.69, 9.17) is 4.42 Å². The fraction of sp³-hybridized carbons (Fsp3) is 0.375. The minimum Gasteiger partial charge on any atom is -0.468 e. The molecule has 0 saturated carbocycles. The summed E-state index contributed by atoms with van der Waals surface area (Å²) < 4.78 is 5.39. The van der Waals surface area contributed by atoms with E-state index in [1.165, 1.54) is 11.1 Å². The van der Waals surface area contributed by atoms with Gasteiger partial charge in [-0.2, -0.15) is 0 Å². The minimum atomic E-state index is 0.390. The SMILES string of the molecule is CCc1ccc(C(C)N(C)Cc2ccco2)cc1. The van der Waals surface area contributed by atoms with Crippen LogP contribution in [-0.2, 0) is 13.0 Å². The summed E-state index contributed by atoms with van der Waals surface area (Å²) in [5.41, 5.74) is 2.74. The molecule has 0 aliphatic heterocycles. The van der Waals surface area contributed by atoms with E-state index < -0.39 is 0 Å². The largest absolute Gasteiger partial charge is 0.468 e. The molecule has 0 amide bonds. The molecule has 0 aliphatic carbocycles. The molecular formula is C16H21NO. The Morgan fingerprint density at radius 1 is 1.17 bits per heavy atom. The van der Waals surface area contributed by atoms with E-state index in [-0.39, 0.29) is 0 Å². The van der Waals surface area contributed by atoms with Crippen molar-refractivity contribution in [1.29, 1.82) is 0 Å². The quantitative estimate of drug-likeness (QED) is 0.788. The Kier molecular flexibility index (Phi) is 4.21. The normalized spacial score (nSPS) is 12.9. The Balaban J connectivity index is 2.02. The summed E-state index contributed by atoms with van der Waals surface area (Å²) in [6.45, 7) is 5.25.